The molecular formula is C21H20Br2N4O. The molecule has 0 aliphatic rings. The van der Waals surface area contributed by atoms with E-state index >= 15 is 0 Å². The normalized spacial score (nSPS) is 11.0. The third kappa shape index (κ3) is 4.54. The van der Waals surface area contributed by atoms with Gasteiger partial charge in [-0.2, -0.15) is 5.10 Å². The molecule has 1 heterocycles. The van der Waals surface area contributed by atoms with Crippen LogP contribution in [-0.2, 0) is 0 Å². The molecule has 0 aliphatic heterocycles. The molecule has 0 saturated carbocycles. The number of hydrazone groups is 1. The van der Waals surface area contributed by atoms with Crippen molar-refractivity contribution < 1.29 is 4.79 Å². The minimum absolute atomic E-state index is 0.391. The molecule has 0 bridgehead atoms. The molecule has 1 aromatic heterocycles. The predicted octanol–water partition coefficient (Wildman–Crippen LogP) is 6.08. The fourth-order valence-corrected chi connectivity index (χ4v) is 3.67. The second kappa shape index (κ2) is 8.75. The Morgan fingerprint density at radius 2 is 1.79 bits per heavy atom. The molecule has 0 saturated heterocycles. The number of nitrogens with zero attached hydrogens (tertiary/aromatic N) is 2. The molecule has 144 valence electrons. The van der Waals surface area contributed by atoms with E-state index in [9.17, 15) is 4.79 Å². The zero-order valence-corrected chi connectivity index (χ0v) is 18.9. The number of aryl methyl sites for hydroxylation is 2. The third-order valence-corrected chi connectivity index (χ3v) is 5.91. The van der Waals surface area contributed by atoms with Gasteiger partial charge >= 0.3 is 6.03 Å². The van der Waals surface area contributed by atoms with Crippen LogP contribution in [0.3, 0.4) is 0 Å². The van der Waals surface area contributed by atoms with Gasteiger partial charge in [0.05, 0.1) is 11.9 Å². The summed E-state index contributed by atoms with van der Waals surface area (Å²) in [5.74, 6) is 0. The molecule has 0 atom stereocenters. The van der Waals surface area contributed by atoms with Gasteiger partial charge in [-0.15, -0.1) is 0 Å². The van der Waals surface area contributed by atoms with Crippen molar-refractivity contribution in [1.82, 2.24) is 9.99 Å². The highest BCUT2D eigenvalue weighted by Crippen LogP contribution is 2.26. The van der Waals surface area contributed by atoms with Crippen LogP contribution in [-0.4, -0.2) is 16.8 Å². The van der Waals surface area contributed by atoms with E-state index in [0.29, 0.717) is 5.69 Å². The fourth-order valence-electron chi connectivity index (χ4n) is 2.96. The van der Waals surface area contributed by atoms with E-state index in [4.69, 9.17) is 0 Å². The first kappa shape index (κ1) is 20.4. The molecule has 3 rings (SSSR count). The van der Waals surface area contributed by atoms with Gasteiger partial charge in [-0.25, -0.2) is 10.2 Å². The lowest BCUT2D eigenvalue weighted by atomic mass is 10.2. The highest BCUT2D eigenvalue weighted by atomic mass is 79.9. The molecule has 7 heteroatoms. The number of hydrogen-bond donors (Lipinski definition) is 2. The maximum atomic E-state index is 12.1. The summed E-state index contributed by atoms with van der Waals surface area (Å²) in [7, 11) is 0. The number of anilines is 1. The lowest BCUT2D eigenvalue weighted by Gasteiger charge is -2.11. The number of urea groups is 1. The van der Waals surface area contributed by atoms with Crippen LogP contribution in [0.2, 0.25) is 0 Å². The molecule has 0 spiro atoms. The van der Waals surface area contributed by atoms with E-state index in [-0.39, 0.29) is 0 Å². The van der Waals surface area contributed by atoms with Gasteiger partial charge < -0.3 is 9.88 Å². The van der Waals surface area contributed by atoms with Gasteiger partial charge in [0.25, 0.3) is 0 Å². The van der Waals surface area contributed by atoms with Gasteiger partial charge in [0.1, 0.15) is 0 Å². The number of nitrogens with one attached hydrogen (secondary N) is 2. The van der Waals surface area contributed by atoms with Gasteiger partial charge in [0.15, 0.2) is 0 Å². The lowest BCUT2D eigenvalue weighted by Crippen LogP contribution is -2.24. The number of aromatic nitrogens is 1. The predicted molar refractivity (Wildman–Crippen MR) is 122 cm³/mol. The monoisotopic (exact) mass is 502 g/mol. The topological polar surface area (TPSA) is 58.4 Å². The zero-order valence-electron chi connectivity index (χ0n) is 15.8. The molecular weight excluding hydrogens is 484 g/mol. The summed E-state index contributed by atoms with van der Waals surface area (Å²) < 4.78 is 4.16. The average molecular weight is 504 g/mol. The quantitative estimate of drug-likeness (QED) is 0.328. The Hall–Kier alpha value is -2.38. The van der Waals surface area contributed by atoms with E-state index in [0.717, 1.165) is 37.1 Å². The van der Waals surface area contributed by atoms with Crippen LogP contribution in [0.4, 0.5) is 10.5 Å². The number of amides is 2. The minimum Gasteiger partial charge on any atom is -0.317 e. The molecule has 0 aliphatic carbocycles. The molecule has 28 heavy (non-hydrogen) atoms. The Morgan fingerprint density at radius 1 is 1.04 bits per heavy atom. The Balaban J connectivity index is 1.71. The van der Waals surface area contributed by atoms with Crippen molar-refractivity contribution in [2.24, 2.45) is 5.10 Å². The lowest BCUT2D eigenvalue weighted by molar-refractivity contribution is 0.252. The molecule has 0 radical (unpaired) electrons. The van der Waals surface area contributed by atoms with Crippen LogP contribution in [0.5, 0.6) is 0 Å². The van der Waals surface area contributed by atoms with Gasteiger partial charge in [0, 0.05) is 31.6 Å². The number of hydrogen-bond acceptors (Lipinski definition) is 2. The summed E-state index contributed by atoms with van der Waals surface area (Å²) in [6, 6.07) is 15.3. The number of benzene rings is 2. The molecule has 0 unspecified atom stereocenters. The molecule has 2 N–H and O–H groups in total. The number of carbonyl (C=O) groups is 1. The number of rotatable bonds is 4. The van der Waals surface area contributed by atoms with E-state index in [1.54, 1.807) is 6.21 Å². The Kier molecular flexibility index (Phi) is 6.36. The van der Waals surface area contributed by atoms with Crippen molar-refractivity contribution in [3.63, 3.8) is 0 Å². The number of carbonyl (C=O) groups excluding carboxylic acids is 1. The second-order valence-corrected chi connectivity index (χ2v) is 8.11. The number of halogens is 2. The van der Waals surface area contributed by atoms with E-state index in [1.807, 2.05) is 63.2 Å². The summed E-state index contributed by atoms with van der Waals surface area (Å²) in [6.45, 7) is 6.03. The second-order valence-electron chi connectivity index (χ2n) is 6.40. The first-order chi connectivity index (χ1) is 13.4. The smallest absolute Gasteiger partial charge is 0.317 e. The first-order valence-corrected chi connectivity index (χ1v) is 10.3. The number of para-hydroxylation sites is 1. The van der Waals surface area contributed by atoms with Gasteiger partial charge in [-0.3, -0.25) is 0 Å². The standard InChI is InChI=1S/C21H20Br2N4O/c1-13-10-17(8-9-18(13)22)25-21(28)26-24-12-16-11-14(2)27(15(16)3)20-7-5-4-6-19(20)23/h4-12H,1-3H3,(H2,25,26,28)/b24-12+. The largest absolute Gasteiger partial charge is 0.339 e. The van der Waals surface area contributed by atoms with Crippen LogP contribution < -0.4 is 10.7 Å². The van der Waals surface area contributed by atoms with E-state index in [2.05, 4.69) is 58.3 Å². The van der Waals surface area contributed by atoms with Crippen LogP contribution in [0, 0.1) is 20.8 Å². The Morgan fingerprint density at radius 3 is 2.50 bits per heavy atom. The van der Waals surface area contributed by atoms with E-state index in [1.165, 1.54) is 0 Å². The van der Waals surface area contributed by atoms with Crippen molar-refractivity contribution in [2.75, 3.05) is 5.32 Å². The summed E-state index contributed by atoms with van der Waals surface area (Å²) in [4.78, 5) is 12.1. The molecule has 0 fully saturated rings. The van der Waals surface area contributed by atoms with Crippen LogP contribution in [0.15, 0.2) is 62.6 Å². The molecule has 2 amide bonds. The van der Waals surface area contributed by atoms with Crippen molar-refractivity contribution >= 4 is 49.8 Å². The van der Waals surface area contributed by atoms with Gasteiger partial charge in [0.2, 0.25) is 0 Å². The van der Waals surface area contributed by atoms with Crippen LogP contribution >= 0.6 is 31.9 Å². The van der Waals surface area contributed by atoms with Crippen LogP contribution in [0.1, 0.15) is 22.5 Å². The summed E-state index contributed by atoms with van der Waals surface area (Å²) in [5, 5.41) is 6.85. The Labute approximate surface area is 181 Å². The third-order valence-electron chi connectivity index (χ3n) is 4.35. The highest BCUT2D eigenvalue weighted by Gasteiger charge is 2.11. The first-order valence-electron chi connectivity index (χ1n) is 8.67. The fraction of sp³-hybridized carbons (Fsp3) is 0.143. The summed E-state index contributed by atoms with van der Waals surface area (Å²) >= 11 is 7.04. The van der Waals surface area contributed by atoms with Gasteiger partial charge in [-0.05, 0) is 78.7 Å². The zero-order chi connectivity index (χ0) is 20.3. The minimum atomic E-state index is -0.391. The Bertz CT molecular complexity index is 1060. The average Bonchev–Trinajstić information content (AvgIpc) is 2.92. The molecule has 5 nitrogen and oxygen atoms in total. The molecule has 3 aromatic rings. The maximum Gasteiger partial charge on any atom is 0.339 e. The van der Waals surface area contributed by atoms with Crippen molar-refractivity contribution in [1.29, 1.82) is 0 Å². The SMILES string of the molecule is Cc1cc(NC(=O)N/N=C/c2cc(C)n(-c3ccccc3Br)c2C)ccc1Br. The molecule has 2 aromatic carbocycles. The maximum absolute atomic E-state index is 12.1. The van der Waals surface area contributed by atoms with Gasteiger partial charge in [-0.1, -0.05) is 28.1 Å². The summed E-state index contributed by atoms with van der Waals surface area (Å²) in [6.07, 6.45) is 1.65. The van der Waals surface area contributed by atoms with Crippen LogP contribution in [0.25, 0.3) is 5.69 Å². The highest BCUT2D eigenvalue weighted by molar-refractivity contribution is 9.10. The summed E-state index contributed by atoms with van der Waals surface area (Å²) in [5.41, 5.74) is 8.39. The van der Waals surface area contributed by atoms with E-state index < -0.39 is 6.03 Å². The van der Waals surface area contributed by atoms with Crippen molar-refractivity contribution in [2.45, 2.75) is 20.8 Å². The van der Waals surface area contributed by atoms with Crippen molar-refractivity contribution in [3.8, 4) is 5.69 Å². The van der Waals surface area contributed by atoms with Crippen molar-refractivity contribution in [3.05, 3.63) is 80.0 Å².